The Labute approximate surface area is 169 Å². The monoisotopic (exact) mass is 397 g/mol. The highest BCUT2D eigenvalue weighted by Crippen LogP contribution is 2.12. The zero-order valence-electron chi connectivity index (χ0n) is 16.8. The van der Waals surface area contributed by atoms with Crippen LogP contribution in [-0.2, 0) is 17.8 Å². The van der Waals surface area contributed by atoms with E-state index in [1.54, 1.807) is 10.8 Å². The standard InChI is InChI=1S/C20H27N7O2/c1-2-9-25-10-12-26(13-11-25)20(28)8-7-19-23-22-18-6-5-17(24-27(18)19)21-15-16-4-3-14-29-16/h3-6,14H,2,7-13,15H2,1H3,(H,21,24). The molecule has 0 bridgehead atoms. The van der Waals surface area contributed by atoms with Gasteiger partial charge in [0.1, 0.15) is 11.6 Å². The van der Waals surface area contributed by atoms with Crippen molar-refractivity contribution in [3.63, 3.8) is 0 Å². The third-order valence-electron chi connectivity index (χ3n) is 5.18. The molecular formula is C20H27N7O2. The molecule has 3 aromatic rings. The van der Waals surface area contributed by atoms with Crippen molar-refractivity contribution in [2.45, 2.75) is 32.7 Å². The largest absolute Gasteiger partial charge is 0.467 e. The molecule has 154 valence electrons. The van der Waals surface area contributed by atoms with Crippen molar-refractivity contribution >= 4 is 17.4 Å². The average molecular weight is 397 g/mol. The Bertz CT molecular complexity index is 930. The summed E-state index contributed by atoms with van der Waals surface area (Å²) in [7, 11) is 0. The summed E-state index contributed by atoms with van der Waals surface area (Å²) < 4.78 is 7.03. The zero-order valence-corrected chi connectivity index (χ0v) is 16.8. The Kier molecular flexibility index (Phi) is 6.04. The van der Waals surface area contributed by atoms with Crippen LogP contribution < -0.4 is 5.32 Å². The fourth-order valence-electron chi connectivity index (χ4n) is 3.59. The first-order valence-corrected chi connectivity index (χ1v) is 10.2. The molecule has 0 spiro atoms. The second-order valence-corrected chi connectivity index (χ2v) is 7.26. The molecule has 4 heterocycles. The molecule has 0 aliphatic carbocycles. The van der Waals surface area contributed by atoms with E-state index in [2.05, 4.69) is 32.4 Å². The summed E-state index contributed by atoms with van der Waals surface area (Å²) in [5, 5.41) is 16.2. The van der Waals surface area contributed by atoms with Gasteiger partial charge in [0.05, 0.1) is 12.8 Å². The number of carbonyl (C=O) groups excluding carboxylic acids is 1. The van der Waals surface area contributed by atoms with Gasteiger partial charge >= 0.3 is 0 Å². The molecule has 1 aliphatic heterocycles. The molecule has 29 heavy (non-hydrogen) atoms. The summed E-state index contributed by atoms with van der Waals surface area (Å²) in [5.74, 6) is 2.40. The number of hydrogen-bond donors (Lipinski definition) is 1. The van der Waals surface area contributed by atoms with Crippen LogP contribution in [-0.4, -0.2) is 68.2 Å². The van der Waals surface area contributed by atoms with Gasteiger partial charge in [-0.2, -0.15) is 4.52 Å². The van der Waals surface area contributed by atoms with Crippen molar-refractivity contribution in [2.75, 3.05) is 38.0 Å². The van der Waals surface area contributed by atoms with Crippen LogP contribution in [0.25, 0.3) is 5.65 Å². The predicted molar refractivity (Wildman–Crippen MR) is 108 cm³/mol. The number of fused-ring (bicyclic) bond motifs is 1. The van der Waals surface area contributed by atoms with Gasteiger partial charge in [-0.25, -0.2) is 0 Å². The second kappa shape index (κ2) is 9.04. The van der Waals surface area contributed by atoms with E-state index in [0.29, 0.717) is 36.7 Å². The molecule has 0 saturated carbocycles. The summed E-state index contributed by atoms with van der Waals surface area (Å²) in [4.78, 5) is 17.0. The van der Waals surface area contributed by atoms with E-state index in [9.17, 15) is 4.79 Å². The van der Waals surface area contributed by atoms with Crippen molar-refractivity contribution in [1.29, 1.82) is 0 Å². The number of aromatic nitrogens is 4. The van der Waals surface area contributed by atoms with Gasteiger partial charge in [0.15, 0.2) is 11.5 Å². The Morgan fingerprint density at radius 2 is 2.03 bits per heavy atom. The van der Waals surface area contributed by atoms with E-state index in [0.717, 1.165) is 44.9 Å². The molecule has 0 unspecified atom stereocenters. The molecule has 1 amide bonds. The average Bonchev–Trinajstić information content (AvgIpc) is 3.41. The minimum atomic E-state index is 0.171. The summed E-state index contributed by atoms with van der Waals surface area (Å²) in [6, 6.07) is 7.48. The van der Waals surface area contributed by atoms with Gasteiger partial charge in [-0.3, -0.25) is 9.69 Å². The smallest absolute Gasteiger partial charge is 0.223 e. The van der Waals surface area contributed by atoms with Gasteiger partial charge in [-0.05, 0) is 37.2 Å². The molecule has 0 radical (unpaired) electrons. The number of aryl methyl sites for hydroxylation is 1. The Morgan fingerprint density at radius 3 is 2.79 bits per heavy atom. The highest BCUT2D eigenvalue weighted by atomic mass is 16.3. The van der Waals surface area contributed by atoms with Gasteiger partial charge < -0.3 is 14.6 Å². The summed E-state index contributed by atoms with van der Waals surface area (Å²) in [6.07, 6.45) is 3.73. The van der Waals surface area contributed by atoms with Crippen LogP contribution in [0.4, 0.5) is 5.82 Å². The van der Waals surface area contributed by atoms with Crippen molar-refractivity contribution in [2.24, 2.45) is 0 Å². The third kappa shape index (κ3) is 4.73. The summed E-state index contributed by atoms with van der Waals surface area (Å²) in [5.41, 5.74) is 0.671. The minimum Gasteiger partial charge on any atom is -0.467 e. The number of anilines is 1. The normalized spacial score (nSPS) is 15.1. The lowest BCUT2D eigenvalue weighted by Crippen LogP contribution is -2.48. The fourth-order valence-corrected chi connectivity index (χ4v) is 3.59. The van der Waals surface area contributed by atoms with Crippen molar-refractivity contribution < 1.29 is 9.21 Å². The molecule has 1 saturated heterocycles. The summed E-state index contributed by atoms with van der Waals surface area (Å²) >= 11 is 0. The van der Waals surface area contributed by atoms with E-state index in [-0.39, 0.29) is 5.91 Å². The zero-order chi connectivity index (χ0) is 20.1. The molecule has 1 aliphatic rings. The van der Waals surface area contributed by atoms with E-state index < -0.39 is 0 Å². The first-order valence-electron chi connectivity index (χ1n) is 10.2. The van der Waals surface area contributed by atoms with E-state index in [1.165, 1.54) is 0 Å². The van der Waals surface area contributed by atoms with Crippen molar-refractivity contribution in [3.8, 4) is 0 Å². The highest BCUT2D eigenvalue weighted by Gasteiger charge is 2.21. The van der Waals surface area contributed by atoms with Gasteiger partial charge in [-0.1, -0.05) is 6.92 Å². The number of carbonyl (C=O) groups is 1. The minimum absolute atomic E-state index is 0.171. The number of hydrogen-bond acceptors (Lipinski definition) is 7. The third-order valence-corrected chi connectivity index (χ3v) is 5.18. The fraction of sp³-hybridized carbons (Fsp3) is 0.500. The lowest BCUT2D eigenvalue weighted by Gasteiger charge is -2.34. The lowest BCUT2D eigenvalue weighted by atomic mass is 10.2. The number of nitrogens with one attached hydrogen (secondary N) is 1. The molecule has 9 heteroatoms. The maximum absolute atomic E-state index is 12.6. The quantitative estimate of drug-likeness (QED) is 0.620. The number of amides is 1. The Morgan fingerprint density at radius 1 is 1.17 bits per heavy atom. The molecule has 0 atom stereocenters. The number of piperazine rings is 1. The highest BCUT2D eigenvalue weighted by molar-refractivity contribution is 5.76. The van der Waals surface area contributed by atoms with Gasteiger partial charge in [-0.15, -0.1) is 15.3 Å². The van der Waals surface area contributed by atoms with Crippen LogP contribution in [0.5, 0.6) is 0 Å². The number of furan rings is 1. The first-order chi connectivity index (χ1) is 14.2. The molecular weight excluding hydrogens is 370 g/mol. The molecule has 4 rings (SSSR count). The first kappa shape index (κ1) is 19.4. The van der Waals surface area contributed by atoms with Crippen LogP contribution in [0.1, 0.15) is 31.4 Å². The van der Waals surface area contributed by atoms with E-state index in [4.69, 9.17) is 4.42 Å². The van der Waals surface area contributed by atoms with Crippen LogP contribution in [0.3, 0.4) is 0 Å². The van der Waals surface area contributed by atoms with Crippen LogP contribution in [0.15, 0.2) is 34.9 Å². The van der Waals surface area contributed by atoms with E-state index >= 15 is 0 Å². The number of nitrogens with zero attached hydrogens (tertiary/aromatic N) is 6. The van der Waals surface area contributed by atoms with Gasteiger partial charge in [0, 0.05) is 39.0 Å². The Hall–Kier alpha value is -2.94. The lowest BCUT2D eigenvalue weighted by molar-refractivity contribution is -0.132. The molecule has 9 nitrogen and oxygen atoms in total. The van der Waals surface area contributed by atoms with Gasteiger partial charge in [0.2, 0.25) is 5.91 Å². The molecule has 1 N–H and O–H groups in total. The predicted octanol–water partition coefficient (Wildman–Crippen LogP) is 1.82. The maximum Gasteiger partial charge on any atom is 0.223 e. The van der Waals surface area contributed by atoms with Crippen LogP contribution in [0, 0.1) is 0 Å². The maximum atomic E-state index is 12.6. The molecule has 1 fully saturated rings. The van der Waals surface area contributed by atoms with Crippen LogP contribution in [0.2, 0.25) is 0 Å². The van der Waals surface area contributed by atoms with Crippen molar-refractivity contribution in [3.05, 3.63) is 42.1 Å². The molecule has 0 aromatic carbocycles. The van der Waals surface area contributed by atoms with Gasteiger partial charge in [0.25, 0.3) is 0 Å². The van der Waals surface area contributed by atoms with E-state index in [1.807, 2.05) is 29.2 Å². The van der Waals surface area contributed by atoms with Crippen LogP contribution >= 0.6 is 0 Å². The second-order valence-electron chi connectivity index (χ2n) is 7.26. The molecule has 3 aromatic heterocycles. The SMILES string of the molecule is CCCN1CCN(C(=O)CCc2nnc3ccc(NCc4ccco4)nn23)CC1. The number of rotatable bonds is 8. The topological polar surface area (TPSA) is 91.8 Å². The van der Waals surface area contributed by atoms with Crippen molar-refractivity contribution in [1.82, 2.24) is 29.6 Å². The summed E-state index contributed by atoms with van der Waals surface area (Å²) in [6.45, 7) is 7.37. The Balaban J connectivity index is 1.34.